The van der Waals surface area contributed by atoms with E-state index in [1.54, 1.807) is 41.5 Å². The fourth-order valence-electron chi connectivity index (χ4n) is 2.60. The molecule has 0 aliphatic carbocycles. The van der Waals surface area contributed by atoms with Crippen LogP contribution in [0.4, 0.5) is 5.69 Å². The number of rotatable bonds is 6. The first-order valence-corrected chi connectivity index (χ1v) is 8.69. The fraction of sp³-hybridized carbons (Fsp3) is 0.190. The van der Waals surface area contributed by atoms with Crippen molar-refractivity contribution in [1.82, 2.24) is 0 Å². The number of halogens is 1. The van der Waals surface area contributed by atoms with E-state index in [0.29, 0.717) is 23.1 Å². The number of carbonyl (C=O) groups is 1. The standard InChI is InChI=1S/C21H20ClNO3/c1-15-5-3-7-20(16(15)2)26-14-21(24)23(13-19-6-4-12-25-19)18-10-8-17(22)9-11-18/h3-12H,13-14H2,1-2H3. The fourth-order valence-corrected chi connectivity index (χ4v) is 2.73. The lowest BCUT2D eigenvalue weighted by Gasteiger charge is -2.22. The van der Waals surface area contributed by atoms with Gasteiger partial charge < -0.3 is 14.1 Å². The van der Waals surface area contributed by atoms with Gasteiger partial charge >= 0.3 is 0 Å². The van der Waals surface area contributed by atoms with E-state index in [4.69, 9.17) is 20.8 Å². The summed E-state index contributed by atoms with van der Waals surface area (Å²) in [5.74, 6) is 1.25. The molecule has 0 atom stereocenters. The van der Waals surface area contributed by atoms with Crippen LogP contribution in [-0.4, -0.2) is 12.5 Å². The molecule has 1 aromatic heterocycles. The number of benzene rings is 2. The molecule has 0 saturated heterocycles. The molecule has 0 bridgehead atoms. The van der Waals surface area contributed by atoms with Crippen LogP contribution in [0.1, 0.15) is 16.9 Å². The van der Waals surface area contributed by atoms with Crippen molar-refractivity contribution < 1.29 is 13.9 Å². The Hall–Kier alpha value is -2.72. The van der Waals surface area contributed by atoms with Crippen LogP contribution in [0.25, 0.3) is 0 Å². The highest BCUT2D eigenvalue weighted by atomic mass is 35.5. The topological polar surface area (TPSA) is 42.7 Å². The number of amides is 1. The molecule has 0 unspecified atom stereocenters. The summed E-state index contributed by atoms with van der Waals surface area (Å²) in [6.07, 6.45) is 1.59. The summed E-state index contributed by atoms with van der Waals surface area (Å²) in [6, 6.07) is 16.6. The molecule has 26 heavy (non-hydrogen) atoms. The second kappa shape index (κ2) is 8.11. The summed E-state index contributed by atoms with van der Waals surface area (Å²) < 4.78 is 11.2. The first kappa shape index (κ1) is 18.1. The minimum absolute atomic E-state index is 0.0619. The zero-order valence-corrected chi connectivity index (χ0v) is 15.5. The number of carbonyl (C=O) groups excluding carboxylic acids is 1. The Bertz CT molecular complexity index is 873. The number of aryl methyl sites for hydroxylation is 1. The van der Waals surface area contributed by atoms with Crippen molar-refractivity contribution in [2.45, 2.75) is 20.4 Å². The third-order valence-electron chi connectivity index (χ3n) is 4.24. The summed E-state index contributed by atoms with van der Waals surface area (Å²) in [4.78, 5) is 14.5. The SMILES string of the molecule is Cc1cccc(OCC(=O)N(Cc2ccco2)c2ccc(Cl)cc2)c1C. The van der Waals surface area contributed by atoms with Gasteiger partial charge in [0, 0.05) is 10.7 Å². The van der Waals surface area contributed by atoms with Gasteiger partial charge in [-0.05, 0) is 67.4 Å². The monoisotopic (exact) mass is 369 g/mol. The Morgan fingerprint density at radius 3 is 2.54 bits per heavy atom. The molecule has 0 aliphatic heterocycles. The van der Waals surface area contributed by atoms with Gasteiger partial charge in [0.15, 0.2) is 6.61 Å². The second-order valence-electron chi connectivity index (χ2n) is 6.02. The predicted octanol–water partition coefficient (Wildman–Crippen LogP) is 5.16. The Morgan fingerprint density at radius 2 is 1.85 bits per heavy atom. The van der Waals surface area contributed by atoms with Gasteiger partial charge in [0.05, 0.1) is 12.8 Å². The van der Waals surface area contributed by atoms with Gasteiger partial charge in [0.25, 0.3) is 5.91 Å². The lowest BCUT2D eigenvalue weighted by atomic mass is 10.1. The maximum Gasteiger partial charge on any atom is 0.265 e. The number of hydrogen-bond acceptors (Lipinski definition) is 3. The molecule has 3 aromatic rings. The Balaban J connectivity index is 1.78. The molecule has 4 nitrogen and oxygen atoms in total. The summed E-state index contributed by atoms with van der Waals surface area (Å²) in [5, 5.41) is 0.616. The number of anilines is 1. The van der Waals surface area contributed by atoms with Crippen molar-refractivity contribution in [3.63, 3.8) is 0 Å². The third-order valence-corrected chi connectivity index (χ3v) is 4.49. The normalized spacial score (nSPS) is 10.6. The molecule has 0 fully saturated rings. The molecule has 5 heteroatoms. The molecule has 3 rings (SSSR count). The Kier molecular flexibility index (Phi) is 5.64. The number of nitrogens with zero attached hydrogens (tertiary/aromatic N) is 1. The smallest absolute Gasteiger partial charge is 0.265 e. The number of furan rings is 1. The van der Waals surface area contributed by atoms with Gasteiger partial charge in [-0.25, -0.2) is 0 Å². The number of ether oxygens (including phenoxy) is 1. The first-order chi connectivity index (χ1) is 12.5. The van der Waals surface area contributed by atoms with Crippen molar-refractivity contribution in [2.75, 3.05) is 11.5 Å². The molecule has 0 spiro atoms. The molecule has 0 radical (unpaired) electrons. The van der Waals surface area contributed by atoms with E-state index < -0.39 is 0 Å². The highest BCUT2D eigenvalue weighted by molar-refractivity contribution is 6.30. The third kappa shape index (κ3) is 4.27. The quantitative estimate of drug-likeness (QED) is 0.602. The van der Waals surface area contributed by atoms with Gasteiger partial charge in [-0.15, -0.1) is 0 Å². The molecular weight excluding hydrogens is 350 g/mol. The summed E-state index contributed by atoms with van der Waals surface area (Å²) in [7, 11) is 0. The zero-order valence-electron chi connectivity index (χ0n) is 14.7. The van der Waals surface area contributed by atoms with Crippen molar-refractivity contribution in [1.29, 1.82) is 0 Å². The Labute approximate surface area is 158 Å². The van der Waals surface area contributed by atoms with Crippen LogP contribution in [0, 0.1) is 13.8 Å². The van der Waals surface area contributed by atoms with Gasteiger partial charge in [0.2, 0.25) is 0 Å². The second-order valence-corrected chi connectivity index (χ2v) is 6.46. The van der Waals surface area contributed by atoms with E-state index in [0.717, 1.165) is 16.8 Å². The van der Waals surface area contributed by atoms with Crippen LogP contribution in [0.15, 0.2) is 65.3 Å². The first-order valence-electron chi connectivity index (χ1n) is 8.32. The van der Waals surface area contributed by atoms with Crippen LogP contribution in [0.2, 0.25) is 5.02 Å². The minimum Gasteiger partial charge on any atom is -0.483 e. The lowest BCUT2D eigenvalue weighted by Crippen LogP contribution is -2.34. The van der Waals surface area contributed by atoms with E-state index in [2.05, 4.69) is 0 Å². The minimum atomic E-state index is -0.162. The number of hydrogen-bond donors (Lipinski definition) is 0. The van der Waals surface area contributed by atoms with Crippen LogP contribution < -0.4 is 9.64 Å². The average Bonchev–Trinajstić information content (AvgIpc) is 3.15. The highest BCUT2D eigenvalue weighted by Crippen LogP contribution is 2.23. The lowest BCUT2D eigenvalue weighted by molar-refractivity contribution is -0.120. The van der Waals surface area contributed by atoms with E-state index in [1.165, 1.54) is 0 Å². The van der Waals surface area contributed by atoms with Crippen LogP contribution >= 0.6 is 11.6 Å². The zero-order chi connectivity index (χ0) is 18.5. The summed E-state index contributed by atoms with van der Waals surface area (Å²) >= 11 is 5.97. The van der Waals surface area contributed by atoms with Gasteiger partial charge in [0.1, 0.15) is 11.5 Å². The van der Waals surface area contributed by atoms with Gasteiger partial charge in [-0.2, -0.15) is 0 Å². The van der Waals surface area contributed by atoms with Crippen molar-refractivity contribution in [3.05, 3.63) is 82.8 Å². The van der Waals surface area contributed by atoms with Crippen LogP contribution in [0.3, 0.4) is 0 Å². The largest absolute Gasteiger partial charge is 0.483 e. The van der Waals surface area contributed by atoms with Gasteiger partial charge in [-0.3, -0.25) is 4.79 Å². The van der Waals surface area contributed by atoms with Crippen molar-refractivity contribution in [3.8, 4) is 5.75 Å². The van der Waals surface area contributed by atoms with Gasteiger partial charge in [-0.1, -0.05) is 23.7 Å². The molecule has 0 aliphatic rings. The van der Waals surface area contributed by atoms with Crippen molar-refractivity contribution in [2.24, 2.45) is 0 Å². The molecule has 0 saturated carbocycles. The maximum absolute atomic E-state index is 12.9. The molecular formula is C21H20ClNO3. The molecule has 1 heterocycles. The highest BCUT2D eigenvalue weighted by Gasteiger charge is 2.18. The molecule has 134 valence electrons. The van der Waals surface area contributed by atoms with E-state index in [1.807, 2.05) is 38.1 Å². The average molecular weight is 370 g/mol. The molecule has 0 N–H and O–H groups in total. The summed E-state index contributed by atoms with van der Waals surface area (Å²) in [5.41, 5.74) is 2.89. The summed E-state index contributed by atoms with van der Waals surface area (Å²) in [6.45, 7) is 4.26. The molecule has 1 amide bonds. The van der Waals surface area contributed by atoms with Crippen molar-refractivity contribution >= 4 is 23.2 Å². The Morgan fingerprint density at radius 1 is 1.08 bits per heavy atom. The van der Waals surface area contributed by atoms with Crippen LogP contribution in [-0.2, 0) is 11.3 Å². The molecule has 2 aromatic carbocycles. The van der Waals surface area contributed by atoms with Crippen LogP contribution in [0.5, 0.6) is 5.75 Å². The maximum atomic E-state index is 12.9. The van der Waals surface area contributed by atoms with E-state index >= 15 is 0 Å². The van der Waals surface area contributed by atoms with E-state index in [9.17, 15) is 4.79 Å². The van der Waals surface area contributed by atoms with E-state index in [-0.39, 0.29) is 12.5 Å². The predicted molar refractivity (Wildman–Crippen MR) is 103 cm³/mol.